The minimum Gasteiger partial charge on any atom is -0.481 e. The van der Waals surface area contributed by atoms with Crippen LogP contribution in [0, 0.1) is 0 Å². The second-order valence-corrected chi connectivity index (χ2v) is 3.40. The lowest BCUT2D eigenvalue weighted by molar-refractivity contribution is -0.139. The van der Waals surface area contributed by atoms with E-state index in [1.807, 2.05) is 0 Å². The van der Waals surface area contributed by atoms with Gasteiger partial charge in [-0.05, 0) is 0 Å². The zero-order valence-corrected chi connectivity index (χ0v) is 8.10. The molecule has 0 fully saturated rings. The number of aliphatic carboxylic acids is 1. The number of fused-ring (bicyclic) bond motifs is 1. The Balaban J connectivity index is 2.35. The quantitative estimate of drug-likeness (QED) is 0.724. The van der Waals surface area contributed by atoms with Crippen molar-refractivity contribution in [3.8, 4) is 0 Å². The minimum atomic E-state index is -0.998. The normalized spacial score (nSPS) is 17.1. The summed E-state index contributed by atoms with van der Waals surface area (Å²) in [6.45, 7) is 0.953. The molecule has 0 radical (unpaired) electrons. The molecule has 1 atom stereocenters. The van der Waals surface area contributed by atoms with E-state index in [0.29, 0.717) is 25.4 Å². The smallest absolute Gasteiger partial charge is 0.315 e. The van der Waals surface area contributed by atoms with Crippen LogP contribution in [0.5, 0.6) is 0 Å². The summed E-state index contributed by atoms with van der Waals surface area (Å²) in [6.07, 6.45) is 0.662. The van der Waals surface area contributed by atoms with Crippen LogP contribution >= 0.6 is 0 Å². The Morgan fingerprint density at radius 2 is 2.47 bits per heavy atom. The number of rotatable bonds is 3. The lowest BCUT2D eigenvalue weighted by Gasteiger charge is -2.12. The van der Waals surface area contributed by atoms with E-state index in [-0.39, 0.29) is 6.54 Å². The molecule has 0 spiro atoms. The number of aromatic nitrogens is 1. The molecule has 2 rings (SSSR count). The fourth-order valence-electron chi connectivity index (χ4n) is 1.64. The van der Waals surface area contributed by atoms with Crippen LogP contribution in [-0.4, -0.2) is 29.4 Å². The second kappa shape index (κ2) is 4.00. The van der Waals surface area contributed by atoms with Crippen molar-refractivity contribution >= 4 is 5.97 Å². The van der Waals surface area contributed by atoms with Crippen LogP contribution in [0.3, 0.4) is 0 Å². The number of carbonyl (C=O) groups is 1. The number of hydrogen-bond donors (Lipinski definition) is 2. The van der Waals surface area contributed by atoms with Crippen molar-refractivity contribution in [3.63, 3.8) is 0 Å². The van der Waals surface area contributed by atoms with Crippen molar-refractivity contribution in [2.75, 3.05) is 13.2 Å². The van der Waals surface area contributed by atoms with Crippen molar-refractivity contribution in [1.82, 2.24) is 5.16 Å². The fraction of sp³-hybridized carbons (Fsp3) is 0.556. The van der Waals surface area contributed by atoms with Crippen LogP contribution < -0.4 is 5.73 Å². The topological polar surface area (TPSA) is 98.6 Å². The number of hydrogen-bond acceptors (Lipinski definition) is 5. The van der Waals surface area contributed by atoms with Crippen LogP contribution in [0.1, 0.15) is 22.9 Å². The van der Waals surface area contributed by atoms with E-state index in [4.69, 9.17) is 20.1 Å². The van der Waals surface area contributed by atoms with E-state index < -0.39 is 11.9 Å². The molecule has 3 N–H and O–H groups in total. The monoisotopic (exact) mass is 212 g/mol. The number of nitrogens with two attached hydrogens (primary N) is 1. The predicted molar refractivity (Wildman–Crippen MR) is 49.3 cm³/mol. The molecule has 0 bridgehead atoms. The third kappa shape index (κ3) is 1.73. The average molecular weight is 212 g/mol. The lowest BCUT2D eigenvalue weighted by Crippen LogP contribution is -2.22. The molecule has 1 aromatic rings. The minimum absolute atomic E-state index is 0.00301. The highest BCUT2D eigenvalue weighted by molar-refractivity contribution is 5.76. The van der Waals surface area contributed by atoms with Crippen LogP contribution in [0.25, 0.3) is 0 Å². The zero-order chi connectivity index (χ0) is 10.8. The summed E-state index contributed by atoms with van der Waals surface area (Å²) in [5.74, 6) is -1.50. The van der Waals surface area contributed by atoms with E-state index >= 15 is 0 Å². The van der Waals surface area contributed by atoms with Gasteiger partial charge < -0.3 is 20.1 Å². The average Bonchev–Trinajstić information content (AvgIpc) is 2.63. The van der Waals surface area contributed by atoms with Gasteiger partial charge in [-0.1, -0.05) is 5.16 Å². The van der Waals surface area contributed by atoms with Crippen molar-refractivity contribution in [2.24, 2.45) is 5.73 Å². The SMILES string of the molecule is NCC(C(=O)O)c1onc2c1COCC2. The molecule has 2 heterocycles. The van der Waals surface area contributed by atoms with E-state index in [1.54, 1.807) is 0 Å². The molecule has 0 saturated carbocycles. The van der Waals surface area contributed by atoms with Crippen molar-refractivity contribution in [1.29, 1.82) is 0 Å². The predicted octanol–water partition coefficient (Wildman–Crippen LogP) is -0.126. The molecule has 6 heteroatoms. The summed E-state index contributed by atoms with van der Waals surface area (Å²) in [4.78, 5) is 10.9. The third-order valence-electron chi connectivity index (χ3n) is 2.48. The van der Waals surface area contributed by atoms with Crippen LogP contribution in [0.15, 0.2) is 4.52 Å². The van der Waals surface area contributed by atoms with Gasteiger partial charge in [-0.15, -0.1) is 0 Å². The number of ether oxygens (including phenoxy) is 1. The zero-order valence-electron chi connectivity index (χ0n) is 8.10. The van der Waals surface area contributed by atoms with Gasteiger partial charge in [0.25, 0.3) is 0 Å². The maximum absolute atomic E-state index is 10.9. The molecule has 0 aliphatic carbocycles. The highest BCUT2D eigenvalue weighted by atomic mass is 16.5. The van der Waals surface area contributed by atoms with Gasteiger partial charge in [-0.2, -0.15) is 0 Å². The van der Waals surface area contributed by atoms with Gasteiger partial charge in [-0.3, -0.25) is 4.79 Å². The second-order valence-electron chi connectivity index (χ2n) is 3.40. The standard InChI is InChI=1S/C9H12N2O4/c10-3-5(9(12)13)8-6-4-14-2-1-7(6)11-15-8/h5H,1-4,10H2,(H,12,13). The molecule has 1 unspecified atom stereocenters. The summed E-state index contributed by atoms with van der Waals surface area (Å²) < 4.78 is 10.3. The Kier molecular flexibility index (Phi) is 2.70. The summed E-state index contributed by atoms with van der Waals surface area (Å²) in [5.41, 5.74) is 6.93. The Bertz CT molecular complexity index is 374. The third-order valence-corrected chi connectivity index (χ3v) is 2.48. The molecular weight excluding hydrogens is 200 g/mol. The molecule has 0 amide bonds. The van der Waals surface area contributed by atoms with E-state index in [0.717, 1.165) is 11.3 Å². The van der Waals surface area contributed by atoms with Crippen LogP contribution in [0.4, 0.5) is 0 Å². The van der Waals surface area contributed by atoms with E-state index in [2.05, 4.69) is 5.16 Å². The van der Waals surface area contributed by atoms with E-state index in [9.17, 15) is 4.79 Å². The fourth-order valence-corrected chi connectivity index (χ4v) is 1.64. The molecule has 82 valence electrons. The van der Waals surface area contributed by atoms with Crippen molar-refractivity contribution < 1.29 is 19.2 Å². The van der Waals surface area contributed by atoms with Gasteiger partial charge >= 0.3 is 5.97 Å². The largest absolute Gasteiger partial charge is 0.481 e. The summed E-state index contributed by atoms with van der Waals surface area (Å²) in [7, 11) is 0. The molecular formula is C9H12N2O4. The van der Waals surface area contributed by atoms with Crippen molar-refractivity contribution in [3.05, 3.63) is 17.0 Å². The number of carboxylic acid groups (broad SMARTS) is 1. The summed E-state index contributed by atoms with van der Waals surface area (Å²) >= 11 is 0. The van der Waals surface area contributed by atoms with Crippen LogP contribution in [-0.2, 0) is 22.6 Å². The molecule has 0 saturated heterocycles. The molecule has 1 aromatic heterocycles. The summed E-state index contributed by atoms with van der Waals surface area (Å²) in [5, 5.41) is 12.8. The Morgan fingerprint density at radius 1 is 1.67 bits per heavy atom. The Morgan fingerprint density at radius 3 is 3.13 bits per heavy atom. The van der Waals surface area contributed by atoms with Gasteiger partial charge in [0.1, 0.15) is 5.92 Å². The molecule has 15 heavy (non-hydrogen) atoms. The Labute approximate surface area is 86.0 Å². The Hall–Kier alpha value is -1.40. The molecule has 0 aromatic carbocycles. The molecule has 1 aliphatic rings. The molecule has 6 nitrogen and oxygen atoms in total. The van der Waals surface area contributed by atoms with Gasteiger partial charge in [-0.25, -0.2) is 0 Å². The number of carboxylic acids is 1. The highest BCUT2D eigenvalue weighted by Gasteiger charge is 2.29. The van der Waals surface area contributed by atoms with Gasteiger partial charge in [0.05, 0.1) is 18.9 Å². The number of nitrogens with zero attached hydrogens (tertiary/aromatic N) is 1. The first kappa shape index (κ1) is 10.1. The first-order valence-corrected chi connectivity index (χ1v) is 4.72. The van der Waals surface area contributed by atoms with Gasteiger partial charge in [0.15, 0.2) is 5.76 Å². The maximum atomic E-state index is 10.9. The van der Waals surface area contributed by atoms with E-state index in [1.165, 1.54) is 0 Å². The van der Waals surface area contributed by atoms with Crippen LogP contribution in [0.2, 0.25) is 0 Å². The summed E-state index contributed by atoms with van der Waals surface area (Å²) in [6, 6.07) is 0. The molecule has 1 aliphatic heterocycles. The van der Waals surface area contributed by atoms with Crippen molar-refractivity contribution in [2.45, 2.75) is 18.9 Å². The van der Waals surface area contributed by atoms with Gasteiger partial charge in [0, 0.05) is 18.5 Å². The maximum Gasteiger partial charge on any atom is 0.315 e. The lowest BCUT2D eigenvalue weighted by atomic mass is 10.00. The highest BCUT2D eigenvalue weighted by Crippen LogP contribution is 2.26. The first-order chi connectivity index (χ1) is 7.24. The van der Waals surface area contributed by atoms with Gasteiger partial charge in [0.2, 0.25) is 0 Å². The first-order valence-electron chi connectivity index (χ1n) is 4.72.